The van der Waals surface area contributed by atoms with Crippen molar-refractivity contribution in [1.82, 2.24) is 6.14 Å². The Balaban J connectivity index is -0.0000000183. The first-order chi connectivity index (χ1) is 2.73. The molecule has 0 fully saturated rings. The fourth-order valence-electron chi connectivity index (χ4n) is 0. The van der Waals surface area contributed by atoms with Gasteiger partial charge in [0.15, 0.2) is 0 Å². The van der Waals surface area contributed by atoms with Crippen molar-refractivity contribution in [3.63, 3.8) is 0 Å². The van der Waals surface area contributed by atoms with Crippen LogP contribution in [0.25, 0.3) is 0 Å². The van der Waals surface area contributed by atoms with Crippen LogP contribution in [0.2, 0.25) is 1.41 Å². The van der Waals surface area contributed by atoms with E-state index in [2.05, 4.69) is 6.14 Å². The quantitative estimate of drug-likeness (QED) is 0.497. The van der Waals surface area contributed by atoms with Gasteiger partial charge in [-0.3, -0.25) is 4.79 Å². The van der Waals surface area contributed by atoms with E-state index >= 15 is 0 Å². The number of aliphatic carboxylic acids is 1. The van der Waals surface area contributed by atoms with Crippen molar-refractivity contribution in [3.05, 3.63) is 0 Å². The zero-order valence-corrected chi connectivity index (χ0v) is 2.93. The third kappa shape index (κ3) is 197. The monoisotopic (exact) mass is 111 g/mol. The van der Waals surface area contributed by atoms with Gasteiger partial charge in [0.1, 0.15) is 1.41 Å². The highest BCUT2D eigenvalue weighted by molar-refractivity contribution is 5.62. The van der Waals surface area contributed by atoms with Gasteiger partial charge in [0.05, 0.1) is 0 Å². The summed E-state index contributed by atoms with van der Waals surface area (Å²) >= 11 is 0. The standard InChI is InChI=1S/C2H4O2.2CH4.H3N/c1-2(3)4;;;/h1H3,(H,3,4);2*1H4;1H3/i/hT. The largest absolute Gasteiger partial charge is 0.481 e. The molecular formula is C4H15NO2. The Morgan fingerprint density at radius 2 is 1.71 bits per heavy atom. The lowest BCUT2D eigenvalue weighted by molar-refractivity contribution is -0.134. The highest BCUT2D eigenvalue weighted by Crippen LogP contribution is 1.42. The average Bonchev–Trinajstić information content (AvgIpc) is 1.41. The molecule has 3 heteroatoms. The van der Waals surface area contributed by atoms with Crippen LogP contribution in [-0.4, -0.2) is 11.1 Å². The summed E-state index contributed by atoms with van der Waals surface area (Å²) in [5, 5.41) is 7.42. The second-order valence-corrected chi connectivity index (χ2v) is 0.519. The van der Waals surface area contributed by atoms with Gasteiger partial charge in [-0.1, -0.05) is 14.9 Å². The second kappa shape index (κ2) is 18.0. The van der Waals surface area contributed by atoms with E-state index in [4.69, 9.17) is 11.3 Å². The molecule has 0 heterocycles. The van der Waals surface area contributed by atoms with Crippen molar-refractivity contribution >= 4 is 5.97 Å². The Kier molecular flexibility index (Phi) is 41.5. The zero-order valence-electron chi connectivity index (χ0n) is 3.93. The Bertz CT molecular complexity index is 37.0. The molecule has 0 radical (unpaired) electrons. The highest BCUT2D eigenvalue weighted by Gasteiger charge is 1.65. The molecule has 0 aliphatic carbocycles. The molecule has 0 aromatic carbocycles. The molecule has 0 amide bonds. The fourth-order valence-corrected chi connectivity index (χ4v) is 0. The second-order valence-electron chi connectivity index (χ2n) is 0.519. The molecule has 0 atom stereocenters. The maximum absolute atomic E-state index is 9.00. The Morgan fingerprint density at radius 3 is 1.71 bits per heavy atom. The summed E-state index contributed by atoms with van der Waals surface area (Å²) in [6.45, 7) is 1.08. The molecule has 0 rings (SSSR count). The SMILES string of the molecule is C.C.CC(=O)O.[3H]N. The maximum atomic E-state index is 9.00. The van der Waals surface area contributed by atoms with Gasteiger partial charge in [-0.15, -0.1) is 0 Å². The van der Waals surface area contributed by atoms with E-state index < -0.39 is 5.97 Å². The summed E-state index contributed by atoms with van der Waals surface area (Å²) in [4.78, 5) is 9.00. The molecule has 3 nitrogen and oxygen atoms in total. The van der Waals surface area contributed by atoms with Gasteiger partial charge < -0.3 is 11.3 Å². The molecule has 0 bridgehead atoms. The van der Waals surface area contributed by atoms with Crippen LogP contribution >= 0.6 is 0 Å². The number of carboxylic acid groups (broad SMARTS) is 1. The molecule has 0 unspecified atom stereocenters. The Morgan fingerprint density at radius 1 is 1.71 bits per heavy atom. The van der Waals surface area contributed by atoms with Crippen LogP contribution in [0.3, 0.4) is 0 Å². The molecule has 48 valence electrons. The van der Waals surface area contributed by atoms with Gasteiger partial charge in [0.2, 0.25) is 0 Å². The van der Waals surface area contributed by atoms with Crippen LogP contribution in [-0.2, 0) is 4.79 Å². The zero-order chi connectivity index (χ0) is 5.58. The van der Waals surface area contributed by atoms with Crippen LogP contribution in [0, 0.1) is 0 Å². The fraction of sp³-hybridized carbons (Fsp3) is 0.750. The van der Waals surface area contributed by atoms with E-state index in [-0.39, 0.29) is 14.9 Å². The lowest BCUT2D eigenvalue weighted by Crippen LogP contribution is -1.78. The van der Waals surface area contributed by atoms with Gasteiger partial charge in [-0.05, 0) is 0 Å². The minimum absolute atomic E-state index is 0. The van der Waals surface area contributed by atoms with Gasteiger partial charge in [0.25, 0.3) is 5.97 Å². The number of hydrogen-bond acceptors (Lipinski definition) is 2. The van der Waals surface area contributed by atoms with Crippen molar-refractivity contribution in [2.24, 2.45) is 0 Å². The summed E-state index contributed by atoms with van der Waals surface area (Å²) in [6, 6.07) is 0. The third-order valence-electron chi connectivity index (χ3n) is 0. The van der Waals surface area contributed by atoms with Crippen LogP contribution < -0.4 is 6.14 Å². The summed E-state index contributed by atoms with van der Waals surface area (Å²) in [5.41, 5.74) is 0. The van der Waals surface area contributed by atoms with Crippen molar-refractivity contribution in [2.45, 2.75) is 21.8 Å². The first kappa shape index (κ1) is 16.1. The minimum atomic E-state index is -0.833. The van der Waals surface area contributed by atoms with Gasteiger partial charge in [-0.2, -0.15) is 0 Å². The van der Waals surface area contributed by atoms with Crippen molar-refractivity contribution in [2.75, 3.05) is 0 Å². The Labute approximate surface area is 46.4 Å². The summed E-state index contributed by atoms with van der Waals surface area (Å²) in [5.74, 6) is -0.833. The van der Waals surface area contributed by atoms with Crippen LogP contribution in [0.5, 0.6) is 0 Å². The van der Waals surface area contributed by atoms with E-state index in [1.54, 1.807) is 0 Å². The van der Waals surface area contributed by atoms with E-state index in [0.29, 0.717) is 0 Å². The number of carboxylic acids is 1. The van der Waals surface area contributed by atoms with Crippen molar-refractivity contribution < 1.29 is 11.3 Å². The highest BCUT2D eigenvalue weighted by atomic mass is 16.4. The number of carbonyl (C=O) groups is 1. The predicted octanol–water partition coefficient (Wildman–Crippen LogP) is 1.53. The molecule has 7 heavy (non-hydrogen) atoms. The normalized spacial score (nSPS) is 4.57. The summed E-state index contributed by atoms with van der Waals surface area (Å²) < 4.78 is 5.25. The minimum Gasteiger partial charge on any atom is -0.481 e. The average molecular weight is 111 g/mol. The molecule has 0 saturated heterocycles. The molecule has 0 aliphatic rings. The van der Waals surface area contributed by atoms with E-state index in [9.17, 15) is 0 Å². The third-order valence-corrected chi connectivity index (χ3v) is 0. The molecule has 0 aromatic rings. The molecule has 0 spiro atoms. The Hall–Kier alpha value is -0.570. The molecular weight excluding hydrogens is 94.0 g/mol. The number of hydrogen-bond donors (Lipinski definition) is 2. The van der Waals surface area contributed by atoms with E-state index in [1.807, 2.05) is 0 Å². The summed E-state index contributed by atoms with van der Waals surface area (Å²) in [6.07, 6.45) is 3.75. The molecule has 0 saturated carbocycles. The lowest BCUT2D eigenvalue weighted by atomic mass is 10.9. The molecule has 0 aromatic heterocycles. The summed E-state index contributed by atoms with van der Waals surface area (Å²) in [7, 11) is 0. The first-order valence-electron chi connectivity index (χ1n) is 1.51. The molecule has 0 aliphatic heterocycles. The van der Waals surface area contributed by atoms with Crippen LogP contribution in [0.15, 0.2) is 0 Å². The van der Waals surface area contributed by atoms with Gasteiger partial charge in [-0.25, -0.2) is 0 Å². The smallest absolute Gasteiger partial charge is 0.300 e. The van der Waals surface area contributed by atoms with E-state index in [1.165, 1.54) is 0 Å². The lowest BCUT2D eigenvalue weighted by Gasteiger charge is -1.59. The van der Waals surface area contributed by atoms with Crippen LogP contribution in [0.1, 0.15) is 21.8 Å². The van der Waals surface area contributed by atoms with Gasteiger partial charge >= 0.3 is 0 Å². The topological polar surface area (TPSA) is 72.3 Å². The van der Waals surface area contributed by atoms with Crippen molar-refractivity contribution in [3.8, 4) is 0 Å². The van der Waals surface area contributed by atoms with Gasteiger partial charge in [0, 0.05) is 6.92 Å². The van der Waals surface area contributed by atoms with E-state index in [0.717, 1.165) is 6.92 Å². The molecule has 4 N–H and O–H groups in total. The number of rotatable bonds is 0. The predicted molar refractivity (Wildman–Crippen MR) is 31.8 cm³/mol. The first-order valence-corrected chi connectivity index (χ1v) is 0.928. The van der Waals surface area contributed by atoms with Crippen LogP contribution in [0.4, 0.5) is 0 Å². The maximum Gasteiger partial charge on any atom is 0.300 e. The van der Waals surface area contributed by atoms with Crippen molar-refractivity contribution in [1.29, 1.82) is 0 Å².